The van der Waals surface area contributed by atoms with E-state index >= 15 is 0 Å². The van der Waals surface area contributed by atoms with Crippen molar-refractivity contribution in [2.75, 3.05) is 18.0 Å². The number of allylic oxidation sites excluding steroid dienone is 2. The van der Waals surface area contributed by atoms with Gasteiger partial charge >= 0.3 is 5.97 Å². The highest BCUT2D eigenvalue weighted by Gasteiger charge is 2.39. The first-order valence-corrected chi connectivity index (χ1v) is 11.1. The van der Waals surface area contributed by atoms with Crippen molar-refractivity contribution in [1.29, 1.82) is 0 Å². The molecule has 2 N–H and O–H groups in total. The molecule has 1 saturated heterocycles. The summed E-state index contributed by atoms with van der Waals surface area (Å²) >= 11 is 6.13. The summed E-state index contributed by atoms with van der Waals surface area (Å²) in [4.78, 5) is 32.8. The first-order chi connectivity index (χ1) is 15.0. The number of halogens is 1. The van der Waals surface area contributed by atoms with Crippen molar-refractivity contribution < 1.29 is 14.7 Å². The molecule has 1 aromatic rings. The Hall–Kier alpha value is -2.80. The number of benzene rings is 1. The van der Waals surface area contributed by atoms with Gasteiger partial charge in [-0.15, -0.1) is 0 Å². The number of amidine groups is 1. The van der Waals surface area contributed by atoms with Crippen LogP contribution < -0.4 is 10.2 Å². The van der Waals surface area contributed by atoms with Crippen LogP contribution in [0.2, 0.25) is 0 Å². The SMILES string of the molecule is CCC1N=C2C=CC(Cl)=CN2C1C(=O)NCc1ccc(N2CCC(C(=O)O)CC2)cc1. The molecule has 3 aliphatic heterocycles. The summed E-state index contributed by atoms with van der Waals surface area (Å²) in [6.07, 6.45) is 7.50. The number of hydrogen-bond acceptors (Lipinski definition) is 5. The van der Waals surface area contributed by atoms with Gasteiger partial charge in [-0.2, -0.15) is 0 Å². The van der Waals surface area contributed by atoms with Crippen LogP contribution >= 0.6 is 11.6 Å². The van der Waals surface area contributed by atoms with Gasteiger partial charge in [-0.05, 0) is 49.1 Å². The van der Waals surface area contributed by atoms with Gasteiger partial charge in [-0.25, -0.2) is 0 Å². The standard InChI is InChI=1S/C23H27ClN4O3/c1-2-19-21(28-14-17(24)5-8-20(28)26-19)22(29)25-13-15-3-6-18(7-4-15)27-11-9-16(10-12-27)23(30)31/h3-8,14,16,19,21H,2,9-13H2,1H3,(H,25,29)(H,30,31). The third kappa shape index (κ3) is 4.61. The fraction of sp³-hybridized carbons (Fsp3) is 0.435. The molecule has 0 bridgehead atoms. The maximum atomic E-state index is 13.0. The average molecular weight is 443 g/mol. The molecule has 1 aromatic carbocycles. The van der Waals surface area contributed by atoms with Crippen molar-refractivity contribution in [2.45, 2.75) is 44.8 Å². The van der Waals surface area contributed by atoms with Gasteiger partial charge in [0.2, 0.25) is 5.91 Å². The van der Waals surface area contributed by atoms with Crippen molar-refractivity contribution in [3.8, 4) is 0 Å². The summed E-state index contributed by atoms with van der Waals surface area (Å²) in [5, 5.41) is 12.8. The summed E-state index contributed by atoms with van der Waals surface area (Å²) < 4.78 is 0. The molecular formula is C23H27ClN4O3. The molecule has 8 heteroatoms. The Morgan fingerprint density at radius 1 is 1.19 bits per heavy atom. The molecule has 3 heterocycles. The van der Waals surface area contributed by atoms with E-state index in [4.69, 9.17) is 16.7 Å². The Balaban J connectivity index is 1.34. The number of nitrogens with one attached hydrogen (secondary N) is 1. The Kier molecular flexibility index (Phi) is 6.32. The van der Waals surface area contributed by atoms with E-state index in [2.05, 4.69) is 15.2 Å². The van der Waals surface area contributed by atoms with Gasteiger partial charge in [0.05, 0.1) is 17.0 Å². The molecule has 3 aliphatic rings. The van der Waals surface area contributed by atoms with E-state index in [0.717, 1.165) is 36.6 Å². The zero-order chi connectivity index (χ0) is 22.0. The van der Waals surface area contributed by atoms with Crippen molar-refractivity contribution in [3.63, 3.8) is 0 Å². The van der Waals surface area contributed by atoms with E-state index in [9.17, 15) is 9.59 Å². The topological polar surface area (TPSA) is 85.2 Å². The monoisotopic (exact) mass is 442 g/mol. The lowest BCUT2D eigenvalue weighted by molar-refractivity contribution is -0.142. The average Bonchev–Trinajstić information content (AvgIpc) is 3.15. The summed E-state index contributed by atoms with van der Waals surface area (Å²) in [6.45, 7) is 3.95. The van der Waals surface area contributed by atoms with Crippen molar-refractivity contribution >= 4 is 35.0 Å². The van der Waals surface area contributed by atoms with Crippen LogP contribution in [0.15, 0.2) is 52.6 Å². The number of carboxylic acid groups (broad SMARTS) is 1. The summed E-state index contributed by atoms with van der Waals surface area (Å²) in [5.41, 5.74) is 2.09. The summed E-state index contributed by atoms with van der Waals surface area (Å²) in [5.74, 6) is -0.235. The van der Waals surface area contributed by atoms with Crippen LogP contribution in [0.3, 0.4) is 0 Å². The molecule has 0 aliphatic carbocycles. The molecule has 0 spiro atoms. The Morgan fingerprint density at radius 2 is 1.90 bits per heavy atom. The number of fused-ring (bicyclic) bond motifs is 1. The maximum Gasteiger partial charge on any atom is 0.306 e. The predicted octanol–water partition coefficient (Wildman–Crippen LogP) is 3.12. The second-order valence-electron chi connectivity index (χ2n) is 8.15. The van der Waals surface area contributed by atoms with E-state index in [1.54, 1.807) is 12.3 Å². The lowest BCUT2D eigenvalue weighted by atomic mass is 9.96. The molecule has 7 nitrogen and oxygen atoms in total. The number of carbonyl (C=O) groups excluding carboxylic acids is 1. The Bertz CT molecular complexity index is 933. The number of piperidine rings is 1. The minimum Gasteiger partial charge on any atom is -0.481 e. The highest BCUT2D eigenvalue weighted by molar-refractivity contribution is 6.32. The van der Waals surface area contributed by atoms with Gasteiger partial charge in [0.15, 0.2) is 0 Å². The van der Waals surface area contributed by atoms with Crippen LogP contribution in [0.4, 0.5) is 5.69 Å². The maximum absolute atomic E-state index is 13.0. The van der Waals surface area contributed by atoms with Crippen LogP contribution in [0.1, 0.15) is 31.7 Å². The number of carboxylic acids is 1. The molecule has 1 fully saturated rings. The van der Waals surface area contributed by atoms with Gasteiger partial charge in [0, 0.05) is 31.5 Å². The minimum atomic E-state index is -0.700. The normalized spacial score (nSPS) is 23.3. The van der Waals surface area contributed by atoms with Gasteiger partial charge in [0.1, 0.15) is 11.9 Å². The fourth-order valence-electron chi connectivity index (χ4n) is 4.36. The second kappa shape index (κ2) is 9.14. The first-order valence-electron chi connectivity index (χ1n) is 10.7. The highest BCUT2D eigenvalue weighted by atomic mass is 35.5. The van der Waals surface area contributed by atoms with E-state index in [1.165, 1.54) is 0 Å². The number of carbonyl (C=O) groups is 2. The molecule has 0 aromatic heterocycles. The number of aliphatic carboxylic acids is 1. The first kappa shape index (κ1) is 21.4. The molecule has 31 heavy (non-hydrogen) atoms. The van der Waals surface area contributed by atoms with E-state index in [1.807, 2.05) is 42.2 Å². The number of aliphatic imine (C=N–C) groups is 1. The summed E-state index contributed by atoms with van der Waals surface area (Å²) in [6, 6.07) is 7.58. The van der Waals surface area contributed by atoms with E-state index in [-0.39, 0.29) is 17.9 Å². The predicted molar refractivity (Wildman–Crippen MR) is 121 cm³/mol. The molecule has 2 atom stereocenters. The van der Waals surface area contributed by atoms with Gasteiger partial charge < -0.3 is 20.2 Å². The van der Waals surface area contributed by atoms with Gasteiger partial charge in [-0.1, -0.05) is 30.7 Å². The molecule has 0 radical (unpaired) electrons. The Morgan fingerprint density at radius 3 is 2.55 bits per heavy atom. The zero-order valence-corrected chi connectivity index (χ0v) is 18.3. The molecule has 1 amide bonds. The van der Waals surface area contributed by atoms with Crippen LogP contribution in [0, 0.1) is 5.92 Å². The van der Waals surface area contributed by atoms with Crippen molar-refractivity contribution in [3.05, 3.63) is 53.2 Å². The molecule has 2 unspecified atom stereocenters. The second-order valence-corrected chi connectivity index (χ2v) is 8.58. The smallest absolute Gasteiger partial charge is 0.306 e. The van der Waals surface area contributed by atoms with Crippen LogP contribution in [-0.4, -0.2) is 52.9 Å². The number of anilines is 1. The zero-order valence-electron chi connectivity index (χ0n) is 17.5. The lowest BCUT2D eigenvalue weighted by Crippen LogP contribution is -2.48. The van der Waals surface area contributed by atoms with E-state index in [0.29, 0.717) is 24.4 Å². The fourth-order valence-corrected chi connectivity index (χ4v) is 4.53. The van der Waals surface area contributed by atoms with Crippen LogP contribution in [0.5, 0.6) is 0 Å². The minimum absolute atomic E-state index is 0.0681. The number of hydrogen-bond donors (Lipinski definition) is 2. The number of rotatable bonds is 6. The van der Waals surface area contributed by atoms with Gasteiger partial charge in [0.25, 0.3) is 0 Å². The van der Waals surface area contributed by atoms with Crippen LogP contribution in [-0.2, 0) is 16.1 Å². The largest absolute Gasteiger partial charge is 0.481 e. The third-order valence-electron chi connectivity index (χ3n) is 6.18. The quantitative estimate of drug-likeness (QED) is 0.707. The molecular weight excluding hydrogens is 416 g/mol. The van der Waals surface area contributed by atoms with Gasteiger partial charge in [-0.3, -0.25) is 14.6 Å². The Labute approximate surface area is 187 Å². The van der Waals surface area contributed by atoms with Crippen LogP contribution in [0.25, 0.3) is 0 Å². The van der Waals surface area contributed by atoms with E-state index < -0.39 is 12.0 Å². The number of amides is 1. The highest BCUT2D eigenvalue weighted by Crippen LogP contribution is 2.27. The molecule has 4 rings (SSSR count). The molecule has 0 saturated carbocycles. The van der Waals surface area contributed by atoms with Crippen molar-refractivity contribution in [1.82, 2.24) is 10.2 Å². The lowest BCUT2D eigenvalue weighted by Gasteiger charge is -2.32. The number of nitrogens with zero attached hydrogens (tertiary/aromatic N) is 3. The third-order valence-corrected chi connectivity index (χ3v) is 6.40. The van der Waals surface area contributed by atoms with Crippen molar-refractivity contribution in [2.24, 2.45) is 10.9 Å². The molecule has 164 valence electrons. The summed E-state index contributed by atoms with van der Waals surface area (Å²) in [7, 11) is 0.